The zero-order valence-corrected chi connectivity index (χ0v) is 12.2. The van der Waals surface area contributed by atoms with Crippen LogP contribution in [0.3, 0.4) is 0 Å². The molecule has 1 amide bonds. The molecule has 0 aliphatic heterocycles. The summed E-state index contributed by atoms with van der Waals surface area (Å²) < 4.78 is 0. The lowest BCUT2D eigenvalue weighted by molar-refractivity contribution is -0.123. The molecule has 0 aliphatic rings. The first-order chi connectivity index (χ1) is 7.81. The van der Waals surface area contributed by atoms with E-state index < -0.39 is 0 Å². The highest BCUT2D eigenvalue weighted by Crippen LogP contribution is 2.27. The predicted octanol–water partition coefficient (Wildman–Crippen LogP) is 2.69. The summed E-state index contributed by atoms with van der Waals surface area (Å²) in [6, 6.07) is 0.148. The second-order valence-electron chi connectivity index (χ2n) is 6.11. The van der Waals surface area contributed by atoms with Crippen LogP contribution >= 0.6 is 0 Å². The van der Waals surface area contributed by atoms with Crippen LogP contribution in [-0.4, -0.2) is 18.5 Å². The van der Waals surface area contributed by atoms with Crippen LogP contribution in [0.5, 0.6) is 0 Å². The van der Waals surface area contributed by atoms with Gasteiger partial charge in [0.15, 0.2) is 0 Å². The molecular weight excluding hydrogens is 212 g/mol. The van der Waals surface area contributed by atoms with Gasteiger partial charge in [-0.05, 0) is 17.8 Å². The van der Waals surface area contributed by atoms with E-state index in [0.29, 0.717) is 18.9 Å². The predicted molar refractivity (Wildman–Crippen MR) is 73.7 cm³/mol. The first-order valence-electron chi connectivity index (χ1n) is 6.80. The lowest BCUT2D eigenvalue weighted by atomic mass is 9.80. The Bertz CT molecular complexity index is 221. The van der Waals surface area contributed by atoms with Gasteiger partial charge in [-0.3, -0.25) is 4.79 Å². The van der Waals surface area contributed by atoms with Crippen LogP contribution in [0, 0.1) is 11.3 Å². The van der Waals surface area contributed by atoms with Crippen LogP contribution in [0.4, 0.5) is 0 Å². The number of unbranched alkanes of at least 4 members (excludes halogenated alkanes) is 1. The van der Waals surface area contributed by atoms with Crippen LogP contribution in [0.25, 0.3) is 0 Å². The van der Waals surface area contributed by atoms with Crippen molar-refractivity contribution in [2.75, 3.05) is 6.54 Å². The smallest absolute Gasteiger partial charge is 0.220 e. The van der Waals surface area contributed by atoms with E-state index in [2.05, 4.69) is 39.9 Å². The van der Waals surface area contributed by atoms with Gasteiger partial charge in [0.2, 0.25) is 5.91 Å². The average molecular weight is 242 g/mol. The number of hydrogen-bond acceptors (Lipinski definition) is 2. The minimum atomic E-state index is 0.138. The van der Waals surface area contributed by atoms with E-state index in [1.807, 2.05) is 0 Å². The second kappa shape index (κ2) is 7.70. The maximum Gasteiger partial charge on any atom is 0.220 e. The number of carbonyl (C=O) groups excluding carboxylic acids is 1. The Labute approximate surface area is 107 Å². The quantitative estimate of drug-likeness (QED) is 0.721. The minimum absolute atomic E-state index is 0.138. The third kappa shape index (κ3) is 7.37. The Morgan fingerprint density at radius 1 is 1.35 bits per heavy atom. The van der Waals surface area contributed by atoms with Crippen molar-refractivity contribution in [3.8, 4) is 0 Å². The van der Waals surface area contributed by atoms with E-state index in [0.717, 1.165) is 19.3 Å². The van der Waals surface area contributed by atoms with Gasteiger partial charge < -0.3 is 11.1 Å². The Morgan fingerprint density at radius 2 is 1.94 bits per heavy atom. The van der Waals surface area contributed by atoms with E-state index in [1.165, 1.54) is 0 Å². The number of hydrogen-bond donors (Lipinski definition) is 2. The van der Waals surface area contributed by atoms with E-state index in [-0.39, 0.29) is 17.4 Å². The molecule has 3 heteroatoms. The summed E-state index contributed by atoms with van der Waals surface area (Å²) in [5.41, 5.74) is 5.84. The van der Waals surface area contributed by atoms with Gasteiger partial charge in [0.1, 0.15) is 0 Å². The largest absolute Gasteiger partial charge is 0.352 e. The highest BCUT2D eigenvalue weighted by Gasteiger charge is 2.23. The molecule has 3 nitrogen and oxygen atoms in total. The summed E-state index contributed by atoms with van der Waals surface area (Å²) >= 11 is 0. The SMILES string of the molecule is CCCCC(CN)NC(=O)CC(C)C(C)(C)C. The third-order valence-corrected chi connectivity index (χ3v) is 3.53. The number of nitrogens with two attached hydrogens (primary N) is 1. The number of amides is 1. The zero-order valence-electron chi connectivity index (χ0n) is 12.2. The van der Waals surface area contributed by atoms with Crippen LogP contribution < -0.4 is 11.1 Å². The minimum Gasteiger partial charge on any atom is -0.352 e. The van der Waals surface area contributed by atoms with Gasteiger partial charge in [-0.2, -0.15) is 0 Å². The normalized spacial score (nSPS) is 15.4. The molecule has 0 bridgehead atoms. The molecule has 2 atom stereocenters. The lowest BCUT2D eigenvalue weighted by Gasteiger charge is -2.27. The summed E-state index contributed by atoms with van der Waals surface area (Å²) in [6.45, 7) is 11.3. The van der Waals surface area contributed by atoms with Crippen molar-refractivity contribution < 1.29 is 4.79 Å². The maximum atomic E-state index is 11.9. The van der Waals surface area contributed by atoms with Gasteiger partial charge in [-0.15, -0.1) is 0 Å². The fourth-order valence-corrected chi connectivity index (χ4v) is 1.57. The summed E-state index contributed by atoms with van der Waals surface area (Å²) in [5, 5.41) is 3.04. The van der Waals surface area contributed by atoms with Crippen LogP contribution in [0.2, 0.25) is 0 Å². The average Bonchev–Trinajstić information content (AvgIpc) is 2.22. The number of nitrogens with one attached hydrogen (secondary N) is 1. The third-order valence-electron chi connectivity index (χ3n) is 3.53. The Kier molecular flexibility index (Phi) is 7.44. The topological polar surface area (TPSA) is 55.1 Å². The van der Waals surface area contributed by atoms with Crippen molar-refractivity contribution in [2.24, 2.45) is 17.1 Å². The fraction of sp³-hybridized carbons (Fsp3) is 0.929. The monoisotopic (exact) mass is 242 g/mol. The van der Waals surface area contributed by atoms with Crippen molar-refractivity contribution >= 4 is 5.91 Å². The van der Waals surface area contributed by atoms with Crippen molar-refractivity contribution in [2.45, 2.75) is 66.3 Å². The van der Waals surface area contributed by atoms with Gasteiger partial charge in [0, 0.05) is 19.0 Å². The van der Waals surface area contributed by atoms with E-state index in [1.54, 1.807) is 0 Å². The van der Waals surface area contributed by atoms with Crippen LogP contribution in [0.15, 0.2) is 0 Å². The first-order valence-corrected chi connectivity index (χ1v) is 6.80. The molecule has 0 aliphatic carbocycles. The van der Waals surface area contributed by atoms with Crippen molar-refractivity contribution in [3.05, 3.63) is 0 Å². The molecule has 0 saturated heterocycles. The maximum absolute atomic E-state index is 11.9. The van der Waals surface area contributed by atoms with Gasteiger partial charge in [0.25, 0.3) is 0 Å². The van der Waals surface area contributed by atoms with Gasteiger partial charge in [0.05, 0.1) is 0 Å². The van der Waals surface area contributed by atoms with E-state index in [9.17, 15) is 4.79 Å². The standard InChI is InChI=1S/C14H30N2O/c1-6-7-8-12(10-15)16-13(17)9-11(2)14(3,4)5/h11-12H,6-10,15H2,1-5H3,(H,16,17). The Morgan fingerprint density at radius 3 is 2.35 bits per heavy atom. The van der Waals surface area contributed by atoms with E-state index in [4.69, 9.17) is 5.73 Å². The zero-order chi connectivity index (χ0) is 13.5. The molecule has 0 aromatic carbocycles. The Hall–Kier alpha value is -0.570. The fourth-order valence-electron chi connectivity index (χ4n) is 1.57. The molecule has 0 rings (SSSR count). The summed E-state index contributed by atoms with van der Waals surface area (Å²) in [5.74, 6) is 0.520. The van der Waals surface area contributed by atoms with Crippen molar-refractivity contribution in [1.82, 2.24) is 5.32 Å². The summed E-state index contributed by atoms with van der Waals surface area (Å²) in [7, 11) is 0. The molecule has 102 valence electrons. The Balaban J connectivity index is 4.06. The molecule has 0 heterocycles. The van der Waals surface area contributed by atoms with Crippen molar-refractivity contribution in [1.29, 1.82) is 0 Å². The molecule has 0 fully saturated rings. The van der Waals surface area contributed by atoms with Gasteiger partial charge in [-0.1, -0.05) is 47.5 Å². The van der Waals surface area contributed by atoms with Crippen molar-refractivity contribution in [3.63, 3.8) is 0 Å². The number of rotatable bonds is 7. The molecule has 2 unspecified atom stereocenters. The molecule has 17 heavy (non-hydrogen) atoms. The first kappa shape index (κ1) is 16.4. The second-order valence-corrected chi connectivity index (χ2v) is 6.11. The van der Waals surface area contributed by atoms with E-state index >= 15 is 0 Å². The lowest BCUT2D eigenvalue weighted by Crippen LogP contribution is -2.41. The van der Waals surface area contributed by atoms with Gasteiger partial charge in [-0.25, -0.2) is 0 Å². The molecule has 0 aromatic rings. The van der Waals surface area contributed by atoms with Gasteiger partial charge >= 0.3 is 0 Å². The van der Waals surface area contributed by atoms with Crippen LogP contribution in [-0.2, 0) is 4.79 Å². The summed E-state index contributed by atoms with van der Waals surface area (Å²) in [6.07, 6.45) is 3.84. The van der Waals surface area contributed by atoms with Crippen LogP contribution in [0.1, 0.15) is 60.3 Å². The molecule has 0 saturated carbocycles. The highest BCUT2D eigenvalue weighted by atomic mass is 16.1. The molecule has 0 radical (unpaired) electrons. The number of carbonyl (C=O) groups is 1. The molecule has 0 aromatic heterocycles. The molecule has 3 N–H and O–H groups in total. The highest BCUT2D eigenvalue weighted by molar-refractivity contribution is 5.76. The summed E-state index contributed by atoms with van der Waals surface area (Å²) in [4.78, 5) is 11.9. The molecular formula is C14H30N2O. The molecule has 0 spiro atoms.